The minimum absolute atomic E-state index is 0.743. The first-order chi connectivity index (χ1) is 9.20. The Balaban J connectivity index is 1.67. The lowest BCUT2D eigenvalue weighted by atomic mass is 10.2. The van der Waals surface area contributed by atoms with E-state index in [4.69, 9.17) is 0 Å². The van der Waals surface area contributed by atoms with Crippen LogP contribution in [-0.4, -0.2) is 16.0 Å². The molecule has 0 radical (unpaired) electrons. The van der Waals surface area contributed by atoms with Crippen LogP contribution in [0.5, 0.6) is 0 Å². The summed E-state index contributed by atoms with van der Waals surface area (Å²) in [5.41, 5.74) is 3.58. The van der Waals surface area contributed by atoms with Gasteiger partial charge in [0.15, 0.2) is 4.34 Å². The lowest BCUT2D eigenvalue weighted by molar-refractivity contribution is 0.684. The molecule has 1 aliphatic carbocycles. The van der Waals surface area contributed by atoms with Crippen LogP contribution in [0, 0.1) is 13.8 Å². The van der Waals surface area contributed by atoms with Crippen molar-refractivity contribution in [1.29, 1.82) is 0 Å². The van der Waals surface area contributed by atoms with Crippen molar-refractivity contribution < 1.29 is 0 Å². The van der Waals surface area contributed by atoms with E-state index in [0.717, 1.165) is 27.6 Å². The van der Waals surface area contributed by atoms with Gasteiger partial charge in [0, 0.05) is 29.9 Å². The Bertz CT molecular complexity index is 576. The molecule has 2 heterocycles. The minimum atomic E-state index is 0.743. The van der Waals surface area contributed by atoms with Crippen molar-refractivity contribution in [3.63, 3.8) is 0 Å². The Morgan fingerprint density at radius 1 is 1.42 bits per heavy atom. The standard InChI is InChI=1S/C14H17N3S2/c1-9-5-11(6-15-12-3-4-12)7-16-13(9)19-14-17-10(2)8-18-14/h5,7-8,12,15H,3-4,6H2,1-2H3. The number of thiazole rings is 1. The Labute approximate surface area is 121 Å². The van der Waals surface area contributed by atoms with Gasteiger partial charge in [0.05, 0.1) is 0 Å². The number of rotatable bonds is 5. The highest BCUT2D eigenvalue weighted by Gasteiger charge is 2.20. The number of nitrogens with zero attached hydrogens (tertiary/aromatic N) is 2. The molecule has 1 saturated carbocycles. The summed E-state index contributed by atoms with van der Waals surface area (Å²) in [6.45, 7) is 5.07. The Morgan fingerprint density at radius 3 is 2.89 bits per heavy atom. The van der Waals surface area contributed by atoms with Crippen molar-refractivity contribution in [3.05, 3.63) is 34.5 Å². The maximum absolute atomic E-state index is 4.57. The summed E-state index contributed by atoms with van der Waals surface area (Å²) in [5.74, 6) is 0. The van der Waals surface area contributed by atoms with Crippen molar-refractivity contribution >= 4 is 23.1 Å². The van der Waals surface area contributed by atoms with E-state index in [2.05, 4.69) is 33.7 Å². The third-order valence-electron chi connectivity index (χ3n) is 3.04. The minimum Gasteiger partial charge on any atom is -0.310 e. The van der Waals surface area contributed by atoms with Gasteiger partial charge in [-0.2, -0.15) is 0 Å². The van der Waals surface area contributed by atoms with E-state index in [0.29, 0.717) is 0 Å². The molecular weight excluding hydrogens is 274 g/mol. The monoisotopic (exact) mass is 291 g/mol. The molecule has 0 bridgehead atoms. The second-order valence-electron chi connectivity index (χ2n) is 4.98. The van der Waals surface area contributed by atoms with Gasteiger partial charge in [-0.05, 0) is 49.6 Å². The normalized spacial score (nSPS) is 14.8. The molecule has 1 aliphatic rings. The number of pyridine rings is 1. The zero-order valence-corrected chi connectivity index (χ0v) is 12.8. The molecule has 1 fully saturated rings. The van der Waals surface area contributed by atoms with Crippen LogP contribution < -0.4 is 5.32 Å². The van der Waals surface area contributed by atoms with E-state index in [-0.39, 0.29) is 0 Å². The van der Waals surface area contributed by atoms with Gasteiger partial charge in [-0.1, -0.05) is 6.07 Å². The zero-order valence-electron chi connectivity index (χ0n) is 11.1. The first-order valence-corrected chi connectivity index (χ1v) is 8.19. The van der Waals surface area contributed by atoms with Gasteiger partial charge in [0.1, 0.15) is 5.03 Å². The lowest BCUT2D eigenvalue weighted by Gasteiger charge is -2.07. The van der Waals surface area contributed by atoms with Gasteiger partial charge >= 0.3 is 0 Å². The molecule has 1 N–H and O–H groups in total. The van der Waals surface area contributed by atoms with Crippen molar-refractivity contribution in [2.45, 2.75) is 48.6 Å². The third kappa shape index (κ3) is 3.55. The van der Waals surface area contributed by atoms with Crippen LogP contribution in [0.3, 0.4) is 0 Å². The summed E-state index contributed by atoms with van der Waals surface area (Å²) < 4.78 is 1.07. The van der Waals surface area contributed by atoms with Crippen molar-refractivity contribution in [3.8, 4) is 0 Å². The highest BCUT2D eigenvalue weighted by atomic mass is 32.2. The molecule has 5 heteroatoms. The molecule has 0 amide bonds. The summed E-state index contributed by atoms with van der Waals surface area (Å²) in [5, 5.41) is 6.65. The van der Waals surface area contributed by atoms with E-state index in [1.807, 2.05) is 13.1 Å². The predicted octanol–water partition coefficient (Wildman–Crippen LogP) is 3.56. The largest absolute Gasteiger partial charge is 0.310 e. The molecule has 19 heavy (non-hydrogen) atoms. The molecule has 2 aromatic rings. The van der Waals surface area contributed by atoms with Gasteiger partial charge in [0.2, 0.25) is 0 Å². The van der Waals surface area contributed by atoms with Crippen LogP contribution in [-0.2, 0) is 6.54 Å². The summed E-state index contributed by atoms with van der Waals surface area (Å²) in [4.78, 5) is 9.04. The van der Waals surface area contributed by atoms with E-state index in [1.165, 1.54) is 24.0 Å². The van der Waals surface area contributed by atoms with Gasteiger partial charge in [0.25, 0.3) is 0 Å². The number of aromatic nitrogens is 2. The second kappa shape index (κ2) is 5.61. The van der Waals surface area contributed by atoms with Crippen LogP contribution in [0.1, 0.15) is 29.7 Å². The van der Waals surface area contributed by atoms with Gasteiger partial charge < -0.3 is 5.32 Å². The van der Waals surface area contributed by atoms with Crippen LogP contribution >= 0.6 is 23.1 Å². The maximum atomic E-state index is 4.57. The first kappa shape index (κ1) is 13.1. The molecular formula is C14H17N3S2. The zero-order chi connectivity index (χ0) is 13.2. The summed E-state index contributed by atoms with van der Waals surface area (Å²) >= 11 is 3.34. The highest BCUT2D eigenvalue weighted by Crippen LogP contribution is 2.31. The molecule has 0 saturated heterocycles. The van der Waals surface area contributed by atoms with Gasteiger partial charge in [-0.3, -0.25) is 0 Å². The topological polar surface area (TPSA) is 37.8 Å². The molecule has 0 unspecified atom stereocenters. The molecule has 0 aromatic carbocycles. The molecule has 0 atom stereocenters. The van der Waals surface area contributed by atoms with Crippen LogP contribution in [0.4, 0.5) is 0 Å². The van der Waals surface area contributed by atoms with E-state index in [1.54, 1.807) is 23.1 Å². The number of hydrogen-bond donors (Lipinski definition) is 1. The smallest absolute Gasteiger partial charge is 0.156 e. The van der Waals surface area contributed by atoms with Gasteiger partial charge in [-0.25, -0.2) is 9.97 Å². The predicted molar refractivity (Wildman–Crippen MR) is 79.8 cm³/mol. The molecule has 3 rings (SSSR count). The highest BCUT2D eigenvalue weighted by molar-refractivity contribution is 8.01. The summed E-state index contributed by atoms with van der Waals surface area (Å²) in [7, 11) is 0. The fourth-order valence-corrected chi connectivity index (χ4v) is 3.61. The molecule has 3 nitrogen and oxygen atoms in total. The maximum Gasteiger partial charge on any atom is 0.156 e. The number of hydrogen-bond acceptors (Lipinski definition) is 5. The summed E-state index contributed by atoms with van der Waals surface area (Å²) in [6, 6.07) is 2.97. The van der Waals surface area contributed by atoms with E-state index in [9.17, 15) is 0 Å². The number of nitrogens with one attached hydrogen (secondary N) is 1. The Morgan fingerprint density at radius 2 is 2.26 bits per heavy atom. The van der Waals surface area contributed by atoms with Gasteiger partial charge in [-0.15, -0.1) is 11.3 Å². The quantitative estimate of drug-likeness (QED) is 0.914. The molecule has 2 aromatic heterocycles. The van der Waals surface area contributed by atoms with E-state index >= 15 is 0 Å². The van der Waals surface area contributed by atoms with Crippen molar-refractivity contribution in [2.75, 3.05) is 0 Å². The lowest BCUT2D eigenvalue weighted by Crippen LogP contribution is -2.15. The Hall–Kier alpha value is -0.910. The third-order valence-corrected chi connectivity index (χ3v) is 5.22. The average Bonchev–Trinajstić information content (AvgIpc) is 3.13. The number of aryl methyl sites for hydroxylation is 2. The fourth-order valence-electron chi connectivity index (χ4n) is 1.84. The fraction of sp³-hybridized carbons (Fsp3) is 0.429. The van der Waals surface area contributed by atoms with Crippen molar-refractivity contribution in [2.24, 2.45) is 0 Å². The van der Waals surface area contributed by atoms with Crippen LogP contribution in [0.25, 0.3) is 0 Å². The second-order valence-corrected chi connectivity index (χ2v) is 7.07. The molecule has 100 valence electrons. The van der Waals surface area contributed by atoms with Crippen LogP contribution in [0.2, 0.25) is 0 Å². The van der Waals surface area contributed by atoms with E-state index < -0.39 is 0 Å². The summed E-state index contributed by atoms with van der Waals surface area (Å²) in [6.07, 6.45) is 4.62. The first-order valence-electron chi connectivity index (χ1n) is 6.49. The molecule has 0 spiro atoms. The van der Waals surface area contributed by atoms with Crippen molar-refractivity contribution in [1.82, 2.24) is 15.3 Å². The Kier molecular flexibility index (Phi) is 3.86. The molecule has 0 aliphatic heterocycles. The SMILES string of the molecule is Cc1csc(Sc2ncc(CNC3CC3)cc2C)n1. The van der Waals surface area contributed by atoms with Crippen LogP contribution in [0.15, 0.2) is 27.0 Å². The average molecular weight is 291 g/mol.